The second-order valence-corrected chi connectivity index (χ2v) is 4.46. The Morgan fingerprint density at radius 2 is 1.87 bits per heavy atom. The summed E-state index contributed by atoms with van der Waals surface area (Å²) in [6.45, 7) is 3.64. The molecule has 1 rings (SSSR count). The average molecular weight is 230 g/mol. The first-order valence-electron chi connectivity index (χ1n) is 4.22. The molecule has 1 aromatic rings. The molecule has 1 unspecified atom stereocenters. The van der Waals surface area contributed by atoms with Crippen LogP contribution in [0.3, 0.4) is 0 Å². The van der Waals surface area contributed by atoms with Crippen LogP contribution >= 0.6 is 0 Å². The van der Waals surface area contributed by atoms with Crippen molar-refractivity contribution in [1.29, 1.82) is 0 Å². The van der Waals surface area contributed by atoms with Crippen LogP contribution in [-0.4, -0.2) is 30.7 Å². The van der Waals surface area contributed by atoms with Crippen LogP contribution in [0.25, 0.3) is 0 Å². The van der Waals surface area contributed by atoms with Crippen molar-refractivity contribution < 1.29 is 18.1 Å². The van der Waals surface area contributed by atoms with Crippen LogP contribution in [0.2, 0.25) is 0 Å². The Morgan fingerprint density at radius 3 is 2.27 bits per heavy atom. The van der Waals surface area contributed by atoms with Crippen molar-refractivity contribution in [2.45, 2.75) is 11.0 Å². The molecule has 1 atom stereocenters. The zero-order chi connectivity index (χ0) is 11.5. The smallest absolute Gasteiger partial charge is 0.294 e. The van der Waals surface area contributed by atoms with E-state index in [0.29, 0.717) is 5.69 Å². The molecule has 0 aliphatic heterocycles. The van der Waals surface area contributed by atoms with Crippen molar-refractivity contribution in [2.75, 3.05) is 11.9 Å². The molecule has 0 aromatic heterocycles. The van der Waals surface area contributed by atoms with Crippen molar-refractivity contribution >= 4 is 15.8 Å². The summed E-state index contributed by atoms with van der Waals surface area (Å²) >= 11 is 0. The van der Waals surface area contributed by atoms with Gasteiger partial charge in [0.1, 0.15) is 0 Å². The van der Waals surface area contributed by atoms with Crippen LogP contribution in [0, 0.1) is 6.92 Å². The van der Waals surface area contributed by atoms with E-state index in [0.717, 1.165) is 0 Å². The quantitative estimate of drug-likeness (QED) is 0.657. The second-order valence-electron chi connectivity index (χ2n) is 3.03. The highest BCUT2D eigenvalue weighted by Gasteiger charge is 2.08. The molecule has 0 amide bonds. The van der Waals surface area contributed by atoms with E-state index in [2.05, 4.69) is 12.2 Å². The molecule has 0 heterocycles. The predicted molar refractivity (Wildman–Crippen MR) is 56.1 cm³/mol. The van der Waals surface area contributed by atoms with E-state index in [9.17, 15) is 8.42 Å². The van der Waals surface area contributed by atoms with Gasteiger partial charge in [-0.05, 0) is 31.2 Å². The first-order valence-corrected chi connectivity index (χ1v) is 5.66. The minimum absolute atomic E-state index is 0.164. The molecular formula is C9H12NO4S. The van der Waals surface area contributed by atoms with Crippen molar-refractivity contribution in [2.24, 2.45) is 0 Å². The summed E-state index contributed by atoms with van der Waals surface area (Å²) in [4.78, 5) is -0.164. The molecule has 3 N–H and O–H groups in total. The molecule has 15 heavy (non-hydrogen) atoms. The van der Waals surface area contributed by atoms with Crippen LogP contribution in [0.5, 0.6) is 0 Å². The maximum Gasteiger partial charge on any atom is 0.294 e. The molecule has 1 radical (unpaired) electrons. The third kappa shape index (κ3) is 3.86. The Labute approximate surface area is 88.5 Å². The van der Waals surface area contributed by atoms with Crippen LogP contribution in [0.15, 0.2) is 29.2 Å². The number of hydrogen-bond donors (Lipinski definition) is 3. The van der Waals surface area contributed by atoms with Crippen molar-refractivity contribution in [1.82, 2.24) is 0 Å². The minimum Gasteiger partial charge on any atom is -0.391 e. The van der Waals surface area contributed by atoms with Gasteiger partial charge in [0, 0.05) is 12.2 Å². The first kappa shape index (κ1) is 12.0. The van der Waals surface area contributed by atoms with Crippen molar-refractivity contribution in [3.05, 3.63) is 31.2 Å². The molecule has 1 aromatic carbocycles. The molecule has 6 heteroatoms. The van der Waals surface area contributed by atoms with Gasteiger partial charge in [0.05, 0.1) is 11.0 Å². The van der Waals surface area contributed by atoms with E-state index in [1.165, 1.54) is 24.3 Å². The highest BCUT2D eigenvalue weighted by Crippen LogP contribution is 2.13. The van der Waals surface area contributed by atoms with Gasteiger partial charge in [-0.15, -0.1) is 0 Å². The van der Waals surface area contributed by atoms with Crippen LogP contribution in [-0.2, 0) is 10.1 Å². The van der Waals surface area contributed by atoms with Crippen LogP contribution in [0.4, 0.5) is 5.69 Å². The highest BCUT2D eigenvalue weighted by atomic mass is 32.2. The lowest BCUT2D eigenvalue weighted by Gasteiger charge is -2.08. The summed E-state index contributed by atoms with van der Waals surface area (Å²) in [7, 11) is -4.14. The van der Waals surface area contributed by atoms with Crippen molar-refractivity contribution in [3.63, 3.8) is 0 Å². The molecule has 0 aliphatic rings. The van der Waals surface area contributed by atoms with Gasteiger partial charge >= 0.3 is 0 Å². The third-order valence-corrected chi connectivity index (χ3v) is 2.56. The lowest BCUT2D eigenvalue weighted by Crippen LogP contribution is -2.15. The van der Waals surface area contributed by atoms with Crippen LogP contribution < -0.4 is 5.32 Å². The number of aliphatic hydroxyl groups is 1. The van der Waals surface area contributed by atoms with Gasteiger partial charge in [0.2, 0.25) is 0 Å². The summed E-state index contributed by atoms with van der Waals surface area (Å²) in [6, 6.07) is 5.53. The van der Waals surface area contributed by atoms with E-state index in [4.69, 9.17) is 9.66 Å². The molecule has 0 spiro atoms. The van der Waals surface area contributed by atoms with Gasteiger partial charge in [0.15, 0.2) is 0 Å². The van der Waals surface area contributed by atoms with E-state index in [-0.39, 0.29) is 11.4 Å². The lowest BCUT2D eigenvalue weighted by molar-refractivity contribution is 0.234. The lowest BCUT2D eigenvalue weighted by atomic mass is 10.3. The number of benzene rings is 1. The van der Waals surface area contributed by atoms with Gasteiger partial charge in [0.25, 0.3) is 10.1 Å². The fraction of sp³-hybridized carbons (Fsp3) is 0.222. The molecule has 0 aliphatic carbocycles. The average Bonchev–Trinajstić information content (AvgIpc) is 2.14. The zero-order valence-electron chi connectivity index (χ0n) is 7.92. The normalized spacial score (nSPS) is 13.5. The molecular weight excluding hydrogens is 218 g/mol. The summed E-state index contributed by atoms with van der Waals surface area (Å²) in [5.74, 6) is 0. The summed E-state index contributed by atoms with van der Waals surface area (Å²) < 4.78 is 30.1. The standard InChI is InChI=1S/C9H12NO4S/c1-7(11)6-10-8-2-4-9(5-3-8)15(12,13)14/h2-5,7,10-11H,1,6H2,(H,12,13,14). The molecule has 5 nitrogen and oxygen atoms in total. The van der Waals surface area contributed by atoms with Gasteiger partial charge in [-0.1, -0.05) is 0 Å². The summed E-state index contributed by atoms with van der Waals surface area (Å²) in [5, 5.41) is 11.7. The Balaban J connectivity index is 2.73. The monoisotopic (exact) mass is 230 g/mol. The van der Waals surface area contributed by atoms with Gasteiger partial charge in [-0.2, -0.15) is 8.42 Å². The number of anilines is 1. The molecule has 0 saturated carbocycles. The van der Waals surface area contributed by atoms with Gasteiger partial charge < -0.3 is 10.4 Å². The Morgan fingerprint density at radius 1 is 1.33 bits per heavy atom. The maximum absolute atomic E-state index is 10.7. The SMILES string of the molecule is [CH2]C(O)CNc1ccc(S(=O)(=O)O)cc1. The second kappa shape index (κ2) is 4.61. The van der Waals surface area contributed by atoms with E-state index in [1.807, 2.05) is 0 Å². The van der Waals surface area contributed by atoms with E-state index in [1.54, 1.807) is 0 Å². The fourth-order valence-electron chi connectivity index (χ4n) is 0.980. The summed E-state index contributed by atoms with van der Waals surface area (Å²) in [6.07, 6.45) is -0.730. The van der Waals surface area contributed by atoms with Crippen LogP contribution in [0.1, 0.15) is 0 Å². The van der Waals surface area contributed by atoms with E-state index >= 15 is 0 Å². The first-order chi connectivity index (χ1) is 6.89. The fourth-order valence-corrected chi connectivity index (χ4v) is 1.46. The summed E-state index contributed by atoms with van der Waals surface area (Å²) in [5.41, 5.74) is 0.644. The largest absolute Gasteiger partial charge is 0.391 e. The number of hydrogen-bond acceptors (Lipinski definition) is 4. The number of aliphatic hydroxyl groups excluding tert-OH is 1. The van der Waals surface area contributed by atoms with E-state index < -0.39 is 16.2 Å². The zero-order valence-corrected chi connectivity index (χ0v) is 8.74. The third-order valence-electron chi connectivity index (χ3n) is 1.69. The minimum atomic E-state index is -4.14. The molecule has 0 bridgehead atoms. The van der Waals surface area contributed by atoms with Gasteiger partial charge in [-0.25, -0.2) is 0 Å². The maximum atomic E-state index is 10.7. The molecule has 83 valence electrons. The molecule has 0 fully saturated rings. The Hall–Kier alpha value is -1.11. The number of nitrogens with one attached hydrogen (secondary N) is 1. The predicted octanol–water partition coefficient (Wildman–Crippen LogP) is 0.540. The highest BCUT2D eigenvalue weighted by molar-refractivity contribution is 7.85. The molecule has 0 saturated heterocycles. The number of rotatable bonds is 4. The van der Waals surface area contributed by atoms with Crippen molar-refractivity contribution in [3.8, 4) is 0 Å². The Kier molecular flexibility index (Phi) is 3.67. The topological polar surface area (TPSA) is 86.6 Å². The van der Waals surface area contributed by atoms with Gasteiger partial charge in [-0.3, -0.25) is 4.55 Å². The Bertz CT molecular complexity index is 410.